The van der Waals surface area contributed by atoms with Crippen molar-refractivity contribution >= 4 is 11.0 Å². The average molecular weight is 237 g/mol. The highest BCUT2D eigenvalue weighted by atomic mass is 19.1. The average Bonchev–Trinajstić information content (AvgIpc) is 2.76. The molecule has 1 aromatic carbocycles. The standard InChI is InChI=1S/C13H13F2NO/c14-10-3-1-2-9-8-11(17-12(9)10)13(15)4-6-16-7-5-13/h1-3,8,16H,4-7H2. The second-order valence-corrected chi connectivity index (χ2v) is 4.48. The first-order valence-corrected chi connectivity index (χ1v) is 5.77. The molecule has 2 nitrogen and oxygen atoms in total. The number of rotatable bonds is 1. The third-order valence-electron chi connectivity index (χ3n) is 3.33. The van der Waals surface area contributed by atoms with Crippen molar-refractivity contribution in [2.75, 3.05) is 13.1 Å². The normalized spacial score (nSPS) is 19.6. The van der Waals surface area contributed by atoms with Crippen molar-refractivity contribution in [1.29, 1.82) is 0 Å². The second kappa shape index (κ2) is 3.81. The summed E-state index contributed by atoms with van der Waals surface area (Å²) in [4.78, 5) is 0. The molecule has 0 amide bonds. The van der Waals surface area contributed by atoms with Gasteiger partial charge >= 0.3 is 0 Å². The lowest BCUT2D eigenvalue weighted by molar-refractivity contribution is 0.0887. The van der Waals surface area contributed by atoms with E-state index >= 15 is 0 Å². The molecule has 1 N–H and O–H groups in total. The minimum atomic E-state index is -1.46. The van der Waals surface area contributed by atoms with Crippen molar-refractivity contribution in [3.05, 3.63) is 35.8 Å². The molecule has 2 heterocycles. The van der Waals surface area contributed by atoms with Crippen LogP contribution in [0.5, 0.6) is 0 Å². The smallest absolute Gasteiger partial charge is 0.170 e. The predicted molar refractivity (Wildman–Crippen MR) is 61.1 cm³/mol. The van der Waals surface area contributed by atoms with Gasteiger partial charge < -0.3 is 9.73 Å². The van der Waals surface area contributed by atoms with Gasteiger partial charge in [0.25, 0.3) is 0 Å². The van der Waals surface area contributed by atoms with Gasteiger partial charge in [0, 0.05) is 18.2 Å². The zero-order valence-electron chi connectivity index (χ0n) is 9.30. The van der Waals surface area contributed by atoms with Crippen LogP contribution < -0.4 is 5.32 Å². The van der Waals surface area contributed by atoms with Crippen molar-refractivity contribution in [2.45, 2.75) is 18.5 Å². The highest BCUT2D eigenvalue weighted by molar-refractivity contribution is 5.78. The molecule has 1 aliphatic heterocycles. The summed E-state index contributed by atoms with van der Waals surface area (Å²) >= 11 is 0. The van der Waals surface area contributed by atoms with Crippen LogP contribution in [0.2, 0.25) is 0 Å². The van der Waals surface area contributed by atoms with E-state index in [-0.39, 0.29) is 11.3 Å². The van der Waals surface area contributed by atoms with Crippen LogP contribution in [0.15, 0.2) is 28.7 Å². The summed E-state index contributed by atoms with van der Waals surface area (Å²) in [6.07, 6.45) is 0.739. The van der Waals surface area contributed by atoms with Gasteiger partial charge in [0.15, 0.2) is 17.1 Å². The van der Waals surface area contributed by atoms with Gasteiger partial charge in [0.05, 0.1) is 0 Å². The van der Waals surface area contributed by atoms with E-state index in [1.54, 1.807) is 18.2 Å². The van der Waals surface area contributed by atoms with Gasteiger partial charge in [-0.3, -0.25) is 0 Å². The largest absolute Gasteiger partial charge is 0.455 e. The summed E-state index contributed by atoms with van der Waals surface area (Å²) in [7, 11) is 0. The van der Waals surface area contributed by atoms with Crippen molar-refractivity contribution in [2.24, 2.45) is 0 Å². The Morgan fingerprint density at radius 1 is 1.24 bits per heavy atom. The minimum absolute atomic E-state index is 0.151. The summed E-state index contributed by atoms with van der Waals surface area (Å²) in [6, 6.07) is 6.27. The highest BCUT2D eigenvalue weighted by Gasteiger charge is 2.37. The number of piperidine rings is 1. The minimum Gasteiger partial charge on any atom is -0.455 e. The van der Waals surface area contributed by atoms with Crippen LogP contribution in [-0.2, 0) is 5.67 Å². The Kier molecular flexibility index (Phi) is 2.40. The van der Waals surface area contributed by atoms with E-state index in [9.17, 15) is 8.78 Å². The van der Waals surface area contributed by atoms with Crippen LogP contribution in [-0.4, -0.2) is 13.1 Å². The molecule has 0 spiro atoms. The molecule has 1 fully saturated rings. The molecule has 1 aromatic heterocycles. The number of benzene rings is 1. The number of furan rings is 1. The topological polar surface area (TPSA) is 25.2 Å². The summed E-state index contributed by atoms with van der Waals surface area (Å²) < 4.78 is 33.4. The Morgan fingerprint density at radius 2 is 2.00 bits per heavy atom. The molecule has 0 bridgehead atoms. The third kappa shape index (κ3) is 1.72. The fourth-order valence-electron chi connectivity index (χ4n) is 2.32. The van der Waals surface area contributed by atoms with Gasteiger partial charge in [0.2, 0.25) is 0 Å². The number of alkyl halides is 1. The molecule has 1 aliphatic rings. The number of halogens is 2. The van der Waals surface area contributed by atoms with Crippen LogP contribution >= 0.6 is 0 Å². The second-order valence-electron chi connectivity index (χ2n) is 4.48. The summed E-state index contributed by atoms with van der Waals surface area (Å²) in [6.45, 7) is 1.24. The zero-order valence-corrected chi connectivity index (χ0v) is 9.30. The number of hydrogen-bond acceptors (Lipinski definition) is 2. The van der Waals surface area contributed by atoms with Gasteiger partial charge in [-0.05, 0) is 25.2 Å². The summed E-state index contributed by atoms with van der Waals surface area (Å²) in [5.74, 6) is -0.189. The quantitative estimate of drug-likeness (QED) is 0.824. The maximum absolute atomic E-state index is 14.6. The lowest BCUT2D eigenvalue weighted by atomic mass is 9.92. The van der Waals surface area contributed by atoms with Crippen molar-refractivity contribution in [1.82, 2.24) is 5.32 Å². The Morgan fingerprint density at radius 3 is 2.71 bits per heavy atom. The third-order valence-corrected chi connectivity index (χ3v) is 3.33. The van der Waals surface area contributed by atoms with E-state index in [1.807, 2.05) is 0 Å². The highest BCUT2D eigenvalue weighted by Crippen LogP contribution is 2.38. The number of para-hydroxylation sites is 1. The first-order valence-electron chi connectivity index (χ1n) is 5.77. The molecule has 2 aromatic rings. The van der Waals surface area contributed by atoms with E-state index in [0.29, 0.717) is 31.3 Å². The fourth-order valence-corrected chi connectivity index (χ4v) is 2.32. The monoisotopic (exact) mass is 237 g/mol. The van der Waals surface area contributed by atoms with Gasteiger partial charge in [-0.15, -0.1) is 0 Å². The first-order chi connectivity index (χ1) is 8.19. The van der Waals surface area contributed by atoms with Crippen molar-refractivity contribution in [3.63, 3.8) is 0 Å². The Labute approximate surface area is 97.6 Å². The van der Waals surface area contributed by atoms with E-state index in [1.165, 1.54) is 6.07 Å². The van der Waals surface area contributed by atoms with Crippen LogP contribution in [0.3, 0.4) is 0 Å². The zero-order chi connectivity index (χ0) is 11.9. The van der Waals surface area contributed by atoms with Crippen molar-refractivity contribution < 1.29 is 13.2 Å². The molecule has 17 heavy (non-hydrogen) atoms. The lowest BCUT2D eigenvalue weighted by Gasteiger charge is -2.27. The predicted octanol–water partition coefficient (Wildman–Crippen LogP) is 3.12. The number of fused-ring (bicyclic) bond motifs is 1. The molecule has 0 atom stereocenters. The van der Waals surface area contributed by atoms with Gasteiger partial charge in [-0.25, -0.2) is 8.78 Å². The maximum atomic E-state index is 14.6. The van der Waals surface area contributed by atoms with Crippen LogP contribution in [0.25, 0.3) is 11.0 Å². The van der Waals surface area contributed by atoms with Crippen LogP contribution in [0, 0.1) is 5.82 Å². The van der Waals surface area contributed by atoms with E-state index in [4.69, 9.17) is 4.42 Å². The molecule has 0 unspecified atom stereocenters. The Bertz CT molecular complexity index is 543. The van der Waals surface area contributed by atoms with Gasteiger partial charge in [0.1, 0.15) is 5.76 Å². The fraction of sp³-hybridized carbons (Fsp3) is 0.385. The molecule has 0 radical (unpaired) electrons. The molecule has 4 heteroatoms. The molecule has 3 rings (SSSR count). The molecule has 1 saturated heterocycles. The van der Waals surface area contributed by atoms with Crippen LogP contribution in [0.1, 0.15) is 18.6 Å². The van der Waals surface area contributed by atoms with E-state index < -0.39 is 11.5 Å². The summed E-state index contributed by atoms with van der Waals surface area (Å²) in [5, 5.41) is 3.72. The maximum Gasteiger partial charge on any atom is 0.170 e. The number of nitrogens with one attached hydrogen (secondary N) is 1. The van der Waals surface area contributed by atoms with E-state index in [2.05, 4.69) is 5.32 Å². The molecule has 0 saturated carbocycles. The molecule has 90 valence electrons. The Balaban J connectivity index is 2.08. The summed E-state index contributed by atoms with van der Waals surface area (Å²) in [5.41, 5.74) is -1.31. The van der Waals surface area contributed by atoms with Gasteiger partial charge in [-0.1, -0.05) is 12.1 Å². The molecular weight excluding hydrogens is 224 g/mol. The molecule has 0 aliphatic carbocycles. The SMILES string of the molecule is Fc1cccc2cc(C3(F)CCNCC3)oc12. The van der Waals surface area contributed by atoms with Crippen molar-refractivity contribution in [3.8, 4) is 0 Å². The van der Waals surface area contributed by atoms with Crippen LogP contribution in [0.4, 0.5) is 8.78 Å². The Hall–Kier alpha value is -1.42. The lowest BCUT2D eigenvalue weighted by Crippen LogP contribution is -2.36. The number of hydrogen-bond donors (Lipinski definition) is 1. The van der Waals surface area contributed by atoms with Gasteiger partial charge in [-0.2, -0.15) is 0 Å². The van der Waals surface area contributed by atoms with E-state index in [0.717, 1.165) is 0 Å². The molecular formula is C13H13F2NO. The first kappa shape index (κ1) is 10.7.